The van der Waals surface area contributed by atoms with Gasteiger partial charge in [0.05, 0.1) is 5.02 Å². The van der Waals surface area contributed by atoms with Gasteiger partial charge in [0.15, 0.2) is 0 Å². The van der Waals surface area contributed by atoms with Crippen molar-refractivity contribution in [3.8, 4) is 16.3 Å². The first-order valence-corrected chi connectivity index (χ1v) is 9.70. The number of ether oxygens (including phenoxy) is 1. The van der Waals surface area contributed by atoms with E-state index in [1.165, 1.54) is 0 Å². The Hall–Kier alpha value is -1.92. The highest BCUT2D eigenvalue weighted by atomic mass is 35.5. The first-order chi connectivity index (χ1) is 12.7. The zero-order chi connectivity index (χ0) is 18.4. The molecule has 0 radical (unpaired) electrons. The third-order valence-corrected chi connectivity index (χ3v) is 5.13. The number of hydrogen-bond donors (Lipinski definition) is 1. The second-order valence-corrected chi connectivity index (χ2v) is 7.38. The molecule has 3 aromatic rings. The van der Waals surface area contributed by atoms with Crippen LogP contribution in [0.3, 0.4) is 0 Å². The minimum absolute atomic E-state index is 0.468. The second-order valence-electron chi connectivity index (χ2n) is 6.07. The molecule has 0 saturated heterocycles. The number of nitrogens with zero attached hydrogens (tertiary/aromatic N) is 2. The Labute approximate surface area is 163 Å². The van der Waals surface area contributed by atoms with Crippen molar-refractivity contribution in [3.05, 3.63) is 70.2 Å². The largest absolute Gasteiger partial charge is 0.489 e. The van der Waals surface area contributed by atoms with E-state index in [2.05, 4.69) is 23.0 Å². The highest BCUT2D eigenvalue weighted by Crippen LogP contribution is 2.30. The maximum absolute atomic E-state index is 6.43. The molecule has 0 saturated carbocycles. The van der Waals surface area contributed by atoms with E-state index < -0.39 is 0 Å². The van der Waals surface area contributed by atoms with Crippen LogP contribution in [0.4, 0.5) is 0 Å². The lowest BCUT2D eigenvalue weighted by Crippen LogP contribution is -2.25. The third-order valence-electron chi connectivity index (χ3n) is 4.01. The molecule has 0 aliphatic carbocycles. The summed E-state index contributed by atoms with van der Waals surface area (Å²) in [6.45, 7) is 2.76. The number of para-hydroxylation sites is 1. The van der Waals surface area contributed by atoms with Crippen molar-refractivity contribution in [3.63, 3.8) is 0 Å². The van der Waals surface area contributed by atoms with Gasteiger partial charge in [-0.2, -0.15) is 0 Å². The molecule has 2 aromatic carbocycles. The van der Waals surface area contributed by atoms with Gasteiger partial charge in [0, 0.05) is 42.3 Å². The Morgan fingerprint density at radius 2 is 2.08 bits per heavy atom. The fourth-order valence-electron chi connectivity index (χ4n) is 2.70. The maximum atomic E-state index is 6.43. The Kier molecular flexibility index (Phi) is 6.63. The van der Waals surface area contributed by atoms with Crippen molar-refractivity contribution < 1.29 is 4.74 Å². The topological polar surface area (TPSA) is 51.4 Å². The van der Waals surface area contributed by atoms with Crippen LogP contribution in [-0.2, 0) is 13.2 Å². The molecule has 0 atom stereocenters. The van der Waals surface area contributed by atoms with E-state index in [0.717, 1.165) is 40.5 Å². The molecule has 1 heterocycles. The Bertz CT molecular complexity index is 839. The van der Waals surface area contributed by atoms with Gasteiger partial charge in [-0.3, -0.25) is 0 Å². The van der Waals surface area contributed by atoms with E-state index in [4.69, 9.17) is 22.1 Å². The van der Waals surface area contributed by atoms with Crippen molar-refractivity contribution in [1.82, 2.24) is 9.88 Å². The first kappa shape index (κ1) is 18.9. The molecule has 4 nitrogen and oxygen atoms in total. The summed E-state index contributed by atoms with van der Waals surface area (Å²) in [4.78, 5) is 6.50. The molecule has 0 amide bonds. The summed E-state index contributed by atoms with van der Waals surface area (Å²) in [5.41, 5.74) is 8.76. The van der Waals surface area contributed by atoms with Crippen LogP contribution in [0.25, 0.3) is 10.6 Å². The number of hydrogen-bond acceptors (Lipinski definition) is 5. The van der Waals surface area contributed by atoms with Gasteiger partial charge >= 0.3 is 0 Å². The van der Waals surface area contributed by atoms with Crippen molar-refractivity contribution >= 4 is 22.9 Å². The van der Waals surface area contributed by atoms with Gasteiger partial charge in [-0.05, 0) is 24.7 Å². The Balaban J connectivity index is 1.69. The van der Waals surface area contributed by atoms with E-state index in [0.29, 0.717) is 18.2 Å². The van der Waals surface area contributed by atoms with Gasteiger partial charge in [-0.15, -0.1) is 11.3 Å². The van der Waals surface area contributed by atoms with Crippen LogP contribution in [0.15, 0.2) is 54.0 Å². The number of rotatable bonds is 8. The molecule has 3 rings (SSSR count). The number of aromatic nitrogens is 1. The van der Waals surface area contributed by atoms with Gasteiger partial charge in [0.25, 0.3) is 0 Å². The number of thiazole rings is 1. The van der Waals surface area contributed by atoms with Gasteiger partial charge in [-0.25, -0.2) is 4.98 Å². The zero-order valence-corrected chi connectivity index (χ0v) is 16.3. The van der Waals surface area contributed by atoms with Gasteiger partial charge in [0.1, 0.15) is 17.4 Å². The average Bonchev–Trinajstić information content (AvgIpc) is 3.15. The molecular formula is C20H22ClN3OS. The Morgan fingerprint density at radius 1 is 1.23 bits per heavy atom. The lowest BCUT2D eigenvalue weighted by Gasteiger charge is -2.18. The van der Waals surface area contributed by atoms with Gasteiger partial charge < -0.3 is 15.4 Å². The molecular weight excluding hydrogens is 366 g/mol. The van der Waals surface area contributed by atoms with Crippen LogP contribution < -0.4 is 10.5 Å². The SMILES string of the molecule is CN(CCN)Cc1ccccc1OCc1ccc(-c2nccs2)c(Cl)c1. The van der Waals surface area contributed by atoms with Crippen LogP contribution in [0.5, 0.6) is 5.75 Å². The van der Waals surface area contributed by atoms with E-state index >= 15 is 0 Å². The van der Waals surface area contributed by atoms with E-state index in [1.807, 2.05) is 41.8 Å². The smallest absolute Gasteiger partial charge is 0.124 e. The lowest BCUT2D eigenvalue weighted by molar-refractivity contribution is 0.287. The predicted molar refractivity (Wildman–Crippen MR) is 109 cm³/mol. The van der Waals surface area contributed by atoms with E-state index in [-0.39, 0.29) is 0 Å². The van der Waals surface area contributed by atoms with Crippen molar-refractivity contribution in [2.45, 2.75) is 13.2 Å². The minimum Gasteiger partial charge on any atom is -0.489 e. The summed E-state index contributed by atoms with van der Waals surface area (Å²) in [5.74, 6) is 0.886. The number of benzene rings is 2. The molecule has 0 spiro atoms. The van der Waals surface area contributed by atoms with Gasteiger partial charge in [0.2, 0.25) is 0 Å². The van der Waals surface area contributed by atoms with Crippen molar-refractivity contribution in [2.24, 2.45) is 5.73 Å². The summed E-state index contributed by atoms with van der Waals surface area (Å²) in [6.07, 6.45) is 1.78. The lowest BCUT2D eigenvalue weighted by atomic mass is 10.1. The summed E-state index contributed by atoms with van der Waals surface area (Å²) in [5, 5.41) is 3.56. The van der Waals surface area contributed by atoms with Crippen LogP contribution in [-0.4, -0.2) is 30.0 Å². The second kappa shape index (κ2) is 9.14. The molecule has 2 N–H and O–H groups in total. The van der Waals surface area contributed by atoms with Gasteiger partial charge in [-0.1, -0.05) is 41.9 Å². The fourth-order valence-corrected chi connectivity index (χ4v) is 3.73. The summed E-state index contributed by atoms with van der Waals surface area (Å²) in [7, 11) is 2.06. The first-order valence-electron chi connectivity index (χ1n) is 8.45. The molecule has 6 heteroatoms. The number of nitrogens with two attached hydrogens (primary N) is 1. The van der Waals surface area contributed by atoms with E-state index in [1.54, 1.807) is 17.5 Å². The molecule has 26 heavy (non-hydrogen) atoms. The predicted octanol–water partition coefficient (Wildman–Crippen LogP) is 4.43. The molecule has 136 valence electrons. The Morgan fingerprint density at radius 3 is 2.81 bits per heavy atom. The highest BCUT2D eigenvalue weighted by molar-refractivity contribution is 7.13. The van der Waals surface area contributed by atoms with Crippen LogP contribution in [0.1, 0.15) is 11.1 Å². The molecule has 0 aliphatic rings. The summed E-state index contributed by atoms with van der Waals surface area (Å²) in [6, 6.07) is 14.1. The van der Waals surface area contributed by atoms with E-state index in [9.17, 15) is 0 Å². The average molecular weight is 388 g/mol. The number of likely N-dealkylation sites (N-methyl/N-ethyl adjacent to an activating group) is 1. The highest BCUT2D eigenvalue weighted by Gasteiger charge is 2.09. The zero-order valence-electron chi connectivity index (χ0n) is 14.7. The molecule has 0 fully saturated rings. The monoisotopic (exact) mass is 387 g/mol. The maximum Gasteiger partial charge on any atom is 0.124 e. The molecule has 1 aromatic heterocycles. The summed E-state index contributed by atoms with van der Waals surface area (Å²) >= 11 is 8.01. The third kappa shape index (κ3) is 4.83. The van der Waals surface area contributed by atoms with Crippen LogP contribution in [0, 0.1) is 0 Å². The van der Waals surface area contributed by atoms with Crippen molar-refractivity contribution in [2.75, 3.05) is 20.1 Å². The standard InChI is InChI=1S/C20H22ClN3OS/c1-24(10-8-22)13-16-4-2-3-5-19(16)25-14-15-6-7-17(18(21)12-15)20-23-9-11-26-20/h2-7,9,11-12H,8,10,13-14,22H2,1H3. The van der Waals surface area contributed by atoms with Crippen LogP contribution in [0.2, 0.25) is 5.02 Å². The summed E-state index contributed by atoms with van der Waals surface area (Å²) < 4.78 is 6.06. The van der Waals surface area contributed by atoms with Crippen LogP contribution >= 0.6 is 22.9 Å². The molecule has 0 aliphatic heterocycles. The normalized spacial score (nSPS) is 11.1. The molecule has 0 unspecified atom stereocenters. The fraction of sp³-hybridized carbons (Fsp3) is 0.250. The minimum atomic E-state index is 0.468. The molecule has 0 bridgehead atoms. The number of halogens is 1. The van der Waals surface area contributed by atoms with Crippen molar-refractivity contribution in [1.29, 1.82) is 0 Å². The quantitative estimate of drug-likeness (QED) is 0.621.